The molecule has 2 heterocycles. The molecule has 5 rings (SSSR count). The van der Waals surface area contributed by atoms with E-state index in [2.05, 4.69) is 15.6 Å². The van der Waals surface area contributed by atoms with Crippen molar-refractivity contribution in [2.75, 3.05) is 11.9 Å². The molecule has 1 aromatic heterocycles. The Labute approximate surface area is 197 Å². The first kappa shape index (κ1) is 21.6. The fourth-order valence-electron chi connectivity index (χ4n) is 4.68. The predicted octanol–water partition coefficient (Wildman–Crippen LogP) is 3.97. The maximum absolute atomic E-state index is 13.4. The van der Waals surface area contributed by atoms with Crippen LogP contribution in [0.3, 0.4) is 0 Å². The van der Waals surface area contributed by atoms with Gasteiger partial charge in [-0.2, -0.15) is 0 Å². The summed E-state index contributed by atoms with van der Waals surface area (Å²) in [7, 11) is 0. The van der Waals surface area contributed by atoms with Crippen LogP contribution < -0.4 is 10.6 Å². The molecule has 2 N–H and O–H groups in total. The molecular weight excluding hydrogens is 428 g/mol. The van der Waals surface area contributed by atoms with Crippen LogP contribution in [0, 0.1) is 0 Å². The van der Waals surface area contributed by atoms with Gasteiger partial charge in [-0.15, -0.1) is 0 Å². The van der Waals surface area contributed by atoms with Gasteiger partial charge in [0.25, 0.3) is 5.91 Å². The lowest BCUT2D eigenvalue weighted by Gasteiger charge is -2.33. The van der Waals surface area contributed by atoms with E-state index in [0.29, 0.717) is 12.1 Å². The molecule has 1 saturated heterocycles. The monoisotopic (exact) mass is 452 g/mol. The summed E-state index contributed by atoms with van der Waals surface area (Å²) in [6.07, 6.45) is 7.70. The number of aryl methyl sites for hydroxylation is 1. The van der Waals surface area contributed by atoms with Crippen LogP contribution in [0.4, 0.5) is 10.5 Å². The van der Waals surface area contributed by atoms with Crippen LogP contribution in [0.25, 0.3) is 12.2 Å². The number of nitrogens with zero attached hydrogens (tertiary/aromatic N) is 2. The molecule has 0 saturated carbocycles. The number of aromatic nitrogens is 1. The van der Waals surface area contributed by atoms with Gasteiger partial charge in [0.2, 0.25) is 5.91 Å². The fraction of sp³-hybridized carbons (Fsp3) is 0.185. The van der Waals surface area contributed by atoms with E-state index in [4.69, 9.17) is 0 Å². The molecule has 2 aliphatic rings. The number of urea groups is 1. The first-order chi connectivity index (χ1) is 16.5. The maximum Gasteiger partial charge on any atom is 0.325 e. The Kier molecular flexibility index (Phi) is 5.67. The largest absolute Gasteiger partial charge is 0.325 e. The number of pyridine rings is 1. The lowest BCUT2D eigenvalue weighted by Crippen LogP contribution is -2.47. The highest BCUT2D eigenvalue weighted by molar-refractivity contribution is 6.10. The normalized spacial score (nSPS) is 19.4. The van der Waals surface area contributed by atoms with Gasteiger partial charge in [0, 0.05) is 11.9 Å². The molecule has 1 aliphatic carbocycles. The lowest BCUT2D eigenvalue weighted by molar-refractivity contribution is -0.134. The zero-order chi connectivity index (χ0) is 23.5. The predicted molar refractivity (Wildman–Crippen MR) is 130 cm³/mol. The van der Waals surface area contributed by atoms with Crippen LogP contribution in [-0.4, -0.2) is 34.3 Å². The van der Waals surface area contributed by atoms with Gasteiger partial charge < -0.3 is 10.6 Å². The van der Waals surface area contributed by atoms with Gasteiger partial charge in [-0.25, -0.2) is 4.79 Å². The number of nitrogens with one attached hydrogen (secondary N) is 2. The Bertz CT molecular complexity index is 1290. The molecular formula is C27H24N4O3. The molecule has 170 valence electrons. The van der Waals surface area contributed by atoms with E-state index in [1.807, 2.05) is 72.8 Å². The second-order valence-electron chi connectivity index (χ2n) is 8.50. The maximum atomic E-state index is 13.4. The fourth-order valence-corrected chi connectivity index (χ4v) is 4.68. The molecule has 2 aromatic carbocycles. The van der Waals surface area contributed by atoms with Gasteiger partial charge in [0.15, 0.2) is 0 Å². The summed E-state index contributed by atoms with van der Waals surface area (Å²) in [5.74, 6) is -0.803. The molecule has 1 atom stereocenters. The Morgan fingerprint density at radius 2 is 1.91 bits per heavy atom. The van der Waals surface area contributed by atoms with Crippen LogP contribution in [0.2, 0.25) is 0 Å². The third kappa shape index (κ3) is 4.08. The number of rotatable bonds is 5. The van der Waals surface area contributed by atoms with Crippen molar-refractivity contribution in [1.29, 1.82) is 0 Å². The van der Waals surface area contributed by atoms with E-state index < -0.39 is 17.5 Å². The van der Waals surface area contributed by atoms with Gasteiger partial charge in [-0.05, 0) is 66.3 Å². The Balaban J connectivity index is 1.28. The summed E-state index contributed by atoms with van der Waals surface area (Å²) in [4.78, 5) is 44.1. The number of imide groups is 1. The highest BCUT2D eigenvalue weighted by Crippen LogP contribution is 2.39. The van der Waals surface area contributed by atoms with Crippen LogP contribution in [0.15, 0.2) is 72.9 Å². The third-order valence-corrected chi connectivity index (χ3v) is 6.26. The average Bonchev–Trinajstić information content (AvgIpc) is 3.08. The first-order valence-corrected chi connectivity index (χ1v) is 11.3. The van der Waals surface area contributed by atoms with Crippen molar-refractivity contribution in [2.24, 2.45) is 0 Å². The zero-order valence-corrected chi connectivity index (χ0v) is 18.5. The molecule has 1 unspecified atom stereocenters. The molecule has 7 nitrogen and oxygen atoms in total. The third-order valence-electron chi connectivity index (χ3n) is 6.26. The smallest absolute Gasteiger partial charge is 0.325 e. The van der Waals surface area contributed by atoms with Crippen molar-refractivity contribution in [3.63, 3.8) is 0 Å². The number of anilines is 1. The molecule has 1 fully saturated rings. The number of hydrogen-bond donors (Lipinski definition) is 2. The number of benzene rings is 2. The minimum atomic E-state index is -1.08. The molecule has 4 amide bonds. The van der Waals surface area contributed by atoms with E-state index >= 15 is 0 Å². The van der Waals surface area contributed by atoms with Crippen molar-refractivity contribution in [1.82, 2.24) is 15.2 Å². The second-order valence-corrected chi connectivity index (χ2v) is 8.50. The van der Waals surface area contributed by atoms with Crippen molar-refractivity contribution in [3.05, 3.63) is 95.3 Å². The van der Waals surface area contributed by atoms with E-state index in [1.54, 1.807) is 12.3 Å². The van der Waals surface area contributed by atoms with Crippen LogP contribution in [0.1, 0.15) is 35.2 Å². The number of amides is 4. The Hall–Kier alpha value is -4.26. The Morgan fingerprint density at radius 1 is 1.06 bits per heavy atom. The molecule has 1 aliphatic heterocycles. The van der Waals surface area contributed by atoms with E-state index in [-0.39, 0.29) is 12.5 Å². The average molecular weight is 453 g/mol. The Morgan fingerprint density at radius 3 is 2.76 bits per heavy atom. The summed E-state index contributed by atoms with van der Waals surface area (Å²) >= 11 is 0. The summed E-state index contributed by atoms with van der Waals surface area (Å²) in [5.41, 5.74) is 3.10. The van der Waals surface area contributed by atoms with Crippen molar-refractivity contribution < 1.29 is 14.4 Å². The summed E-state index contributed by atoms with van der Waals surface area (Å²) in [6.45, 7) is -0.345. The highest BCUT2D eigenvalue weighted by atomic mass is 16.2. The van der Waals surface area contributed by atoms with Crippen molar-refractivity contribution in [2.45, 2.75) is 24.8 Å². The molecule has 34 heavy (non-hydrogen) atoms. The lowest BCUT2D eigenvalue weighted by atomic mass is 9.76. The number of carbonyl (C=O) groups excluding carboxylic acids is 3. The number of carbonyl (C=O) groups is 3. The number of fused-ring (bicyclic) bond motifs is 2. The minimum Gasteiger partial charge on any atom is -0.325 e. The minimum absolute atomic E-state index is 0.345. The molecule has 3 aromatic rings. The SMILES string of the molecule is O=C(CN1C(=O)NC2(CCCc3ccccc32)C1=O)Nc1cccc(C=Cc2ccccn2)c1. The summed E-state index contributed by atoms with van der Waals surface area (Å²) in [6, 6.07) is 20.1. The zero-order valence-electron chi connectivity index (χ0n) is 18.5. The van der Waals surface area contributed by atoms with Gasteiger partial charge in [0.1, 0.15) is 12.1 Å². The van der Waals surface area contributed by atoms with E-state index in [9.17, 15) is 14.4 Å². The molecule has 0 bridgehead atoms. The van der Waals surface area contributed by atoms with Gasteiger partial charge >= 0.3 is 6.03 Å². The second kappa shape index (κ2) is 8.94. The van der Waals surface area contributed by atoms with E-state index in [0.717, 1.165) is 40.1 Å². The standard InChI is InChI=1S/C27H24N4O3/c32-24(29-22-11-5-7-19(17-22)13-14-21-10-3-4-16-28-21)18-31-25(33)27(30-26(31)34)15-6-9-20-8-1-2-12-23(20)27/h1-5,7-8,10-14,16-17H,6,9,15,18H2,(H,29,32)(H,30,34). The highest BCUT2D eigenvalue weighted by Gasteiger charge is 2.54. The van der Waals surface area contributed by atoms with Gasteiger partial charge in [0.05, 0.1) is 5.69 Å². The van der Waals surface area contributed by atoms with Crippen molar-refractivity contribution in [3.8, 4) is 0 Å². The molecule has 0 radical (unpaired) electrons. The topological polar surface area (TPSA) is 91.4 Å². The van der Waals surface area contributed by atoms with Gasteiger partial charge in [-0.3, -0.25) is 19.5 Å². The first-order valence-electron chi connectivity index (χ1n) is 11.3. The van der Waals surface area contributed by atoms with Gasteiger partial charge in [-0.1, -0.05) is 48.5 Å². The molecule has 1 spiro atoms. The van der Waals surface area contributed by atoms with Crippen molar-refractivity contribution >= 4 is 35.7 Å². The van der Waals surface area contributed by atoms with Crippen LogP contribution >= 0.6 is 0 Å². The number of hydrogen-bond acceptors (Lipinski definition) is 4. The van der Waals surface area contributed by atoms with Crippen LogP contribution in [0.5, 0.6) is 0 Å². The molecule has 7 heteroatoms. The summed E-state index contributed by atoms with van der Waals surface area (Å²) in [5, 5.41) is 5.67. The quantitative estimate of drug-likeness (QED) is 0.573. The summed E-state index contributed by atoms with van der Waals surface area (Å²) < 4.78 is 0. The van der Waals surface area contributed by atoms with Crippen LogP contribution in [-0.2, 0) is 21.5 Å². The van der Waals surface area contributed by atoms with E-state index in [1.165, 1.54) is 0 Å².